The molecule has 12 aromatic rings. The van der Waals surface area contributed by atoms with E-state index in [1.54, 1.807) is 84.6 Å². The van der Waals surface area contributed by atoms with Crippen LogP contribution in [-0.4, -0.2) is 86.4 Å². The van der Waals surface area contributed by atoms with Gasteiger partial charge in [-0.25, -0.2) is 9.59 Å². The minimum atomic E-state index is -0.680. The Labute approximate surface area is 540 Å². The van der Waals surface area contributed by atoms with E-state index in [0.717, 1.165) is 67.0 Å². The minimum Gasteiger partial charge on any atom is -0.465 e. The lowest BCUT2D eigenvalue weighted by atomic mass is 10.1. The maximum Gasteiger partial charge on any atom is 0.341 e. The molecule has 0 aliphatic heterocycles. The first kappa shape index (κ1) is 64.2. The van der Waals surface area contributed by atoms with Crippen LogP contribution in [0.5, 0.6) is 0 Å². The third-order valence-corrected chi connectivity index (χ3v) is 17.0. The lowest BCUT2D eigenvalue weighted by molar-refractivity contribution is -0.138. The number of ether oxygens (including phenoxy) is 2. The molecule has 12 rings (SSSR count). The van der Waals surface area contributed by atoms with Gasteiger partial charge in [-0.15, -0.1) is 11.3 Å². The molecule has 0 bridgehead atoms. The summed E-state index contributed by atoms with van der Waals surface area (Å²) in [5.41, 5.74) is 10.7. The van der Waals surface area contributed by atoms with E-state index in [4.69, 9.17) is 5.26 Å². The quantitative estimate of drug-likeness (QED) is 0.0325. The molecule has 16 heteroatoms. The topological polar surface area (TPSA) is 203 Å². The largest absolute Gasteiger partial charge is 0.465 e. The van der Waals surface area contributed by atoms with Gasteiger partial charge in [0.1, 0.15) is 17.2 Å². The van der Waals surface area contributed by atoms with E-state index in [2.05, 4.69) is 73.9 Å². The van der Waals surface area contributed by atoms with Crippen molar-refractivity contribution in [2.45, 2.75) is 27.3 Å². The monoisotopic (exact) mass is 1250 g/mol. The summed E-state index contributed by atoms with van der Waals surface area (Å²) >= 11 is 1.82. The number of esters is 2. The molecule has 0 aliphatic rings. The molecule has 3 aromatic heterocycles. The molecule has 0 spiro atoms. The number of rotatable bonds is 15. The molecule has 15 nitrogen and oxygen atoms in total. The normalized spacial score (nSPS) is 11.5. The van der Waals surface area contributed by atoms with Crippen LogP contribution in [0.25, 0.3) is 82.0 Å². The van der Waals surface area contributed by atoms with Crippen molar-refractivity contribution >= 4 is 152 Å². The van der Waals surface area contributed by atoms with E-state index >= 15 is 0 Å². The van der Waals surface area contributed by atoms with Gasteiger partial charge in [0.15, 0.2) is 17.3 Å². The molecule has 2 amide bonds. The number of nitrogens with one attached hydrogen (secondary N) is 2. The molecule has 0 saturated carbocycles. The molecule has 3 heterocycles. The highest BCUT2D eigenvalue weighted by molar-refractivity contribution is 7.25. The number of aromatic nitrogens is 2. The second-order valence-electron chi connectivity index (χ2n) is 22.0. The average molecular weight is 1250 g/mol. The average Bonchev–Trinajstić information content (AvgIpc) is 1.66. The Morgan fingerprint density at radius 1 is 0.452 bits per heavy atom. The number of para-hydroxylation sites is 4. The van der Waals surface area contributed by atoms with Crippen molar-refractivity contribution in [1.29, 1.82) is 5.26 Å². The zero-order valence-corrected chi connectivity index (χ0v) is 53.2. The van der Waals surface area contributed by atoms with Gasteiger partial charge >= 0.3 is 11.9 Å². The number of fused-ring (bicyclic) bond motifs is 9. The first-order valence-corrected chi connectivity index (χ1v) is 30.4. The maximum absolute atomic E-state index is 13.3. The molecule has 93 heavy (non-hydrogen) atoms. The smallest absolute Gasteiger partial charge is 0.341 e. The number of nitriles is 1. The zero-order valence-electron chi connectivity index (χ0n) is 52.4. The number of hydrogen-bond donors (Lipinski definition) is 2. The Morgan fingerprint density at radius 3 is 1.30 bits per heavy atom. The van der Waals surface area contributed by atoms with E-state index in [9.17, 15) is 33.6 Å². The van der Waals surface area contributed by atoms with Gasteiger partial charge < -0.3 is 34.1 Å². The highest BCUT2D eigenvalue weighted by atomic mass is 32.1. The Kier molecular flexibility index (Phi) is 19.6. The number of hydrogen-bond acceptors (Lipinski definition) is 12. The molecule has 0 radical (unpaired) electrons. The van der Waals surface area contributed by atoms with Crippen molar-refractivity contribution < 1.29 is 43.0 Å². The number of carbonyl (C=O) groups excluding carboxylic acids is 7. The predicted octanol–water partition coefficient (Wildman–Crippen LogP) is 15.7. The zero-order chi connectivity index (χ0) is 66.0. The van der Waals surface area contributed by atoms with Crippen LogP contribution in [-0.2, 0) is 40.0 Å². The molecule has 0 aliphatic carbocycles. The van der Waals surface area contributed by atoms with Gasteiger partial charge in [0.25, 0.3) is 11.8 Å². The van der Waals surface area contributed by atoms with E-state index in [1.165, 1.54) is 66.8 Å². The van der Waals surface area contributed by atoms with Crippen LogP contribution in [0, 0.1) is 11.3 Å². The summed E-state index contributed by atoms with van der Waals surface area (Å²) in [7, 11) is 7.99. The van der Waals surface area contributed by atoms with Crippen molar-refractivity contribution in [2.75, 3.05) is 50.1 Å². The van der Waals surface area contributed by atoms with Crippen LogP contribution in [0.3, 0.4) is 0 Å². The van der Waals surface area contributed by atoms with E-state index in [0.29, 0.717) is 28.1 Å². The molecule has 462 valence electrons. The van der Waals surface area contributed by atoms with Gasteiger partial charge in [-0.05, 0) is 134 Å². The molecule has 0 atom stereocenters. The summed E-state index contributed by atoms with van der Waals surface area (Å²) in [6.07, 6.45) is 4.58. The third-order valence-electron chi connectivity index (χ3n) is 15.9. The van der Waals surface area contributed by atoms with Crippen LogP contribution in [0.4, 0.5) is 17.1 Å². The number of anilines is 3. The number of allylic oxidation sites excluding steroid dienone is 1. The molecule has 0 saturated heterocycles. The number of amides is 2. The fourth-order valence-corrected chi connectivity index (χ4v) is 12.1. The Bertz CT molecular complexity index is 5040. The van der Waals surface area contributed by atoms with Gasteiger partial charge in [-0.3, -0.25) is 24.0 Å². The fourth-order valence-electron chi connectivity index (χ4n) is 10.9. The summed E-state index contributed by atoms with van der Waals surface area (Å²) < 4.78 is 12.0. The lowest BCUT2D eigenvalue weighted by Crippen LogP contribution is -2.26. The number of thiophene rings is 1. The summed E-state index contributed by atoms with van der Waals surface area (Å²) in [5.74, 6) is -2.54. The van der Waals surface area contributed by atoms with Crippen molar-refractivity contribution in [3.8, 4) is 6.07 Å². The number of H-pyrrole nitrogens is 2. The number of ketones is 3. The second kappa shape index (κ2) is 28.4. The van der Waals surface area contributed by atoms with Gasteiger partial charge in [-0.2, -0.15) is 5.26 Å². The number of nitrogens with zero attached hydrogens (tertiary/aromatic N) is 4. The number of Topliss-reactive ketones (excluding diaryl/α,β-unsaturated/α-hetero) is 3. The molecule has 9 aromatic carbocycles. The highest BCUT2D eigenvalue weighted by Crippen LogP contribution is 2.36. The van der Waals surface area contributed by atoms with E-state index < -0.39 is 11.9 Å². The number of methoxy groups -OCH3 is 2. The molecular formula is C77H64N6O9S. The molecule has 2 N–H and O–H groups in total. The predicted molar refractivity (Wildman–Crippen MR) is 373 cm³/mol. The van der Waals surface area contributed by atoms with Crippen LogP contribution < -0.4 is 14.7 Å². The molecular weight excluding hydrogens is 1180 g/mol. The fraction of sp³-hybridized carbons (Fsp3) is 0.117. The van der Waals surface area contributed by atoms with Gasteiger partial charge in [0, 0.05) is 97.5 Å². The summed E-state index contributed by atoms with van der Waals surface area (Å²) in [6, 6.07) is 66.3. The third kappa shape index (κ3) is 14.1. The Hall–Kier alpha value is -11.8. The van der Waals surface area contributed by atoms with E-state index in [1.807, 2.05) is 127 Å². The second-order valence-corrected chi connectivity index (χ2v) is 23.1. The molecule has 0 fully saturated rings. The van der Waals surface area contributed by atoms with Crippen LogP contribution in [0.15, 0.2) is 217 Å². The number of aromatic amines is 2. The maximum atomic E-state index is 13.3. The number of benzene rings is 9. The van der Waals surface area contributed by atoms with Crippen molar-refractivity contribution in [2.24, 2.45) is 0 Å². The minimum absolute atomic E-state index is 0.0323. The van der Waals surface area contributed by atoms with Crippen molar-refractivity contribution in [3.05, 3.63) is 250 Å². The van der Waals surface area contributed by atoms with Crippen molar-refractivity contribution in [1.82, 2.24) is 9.97 Å². The lowest BCUT2D eigenvalue weighted by Gasteiger charge is -2.19. The Balaban J connectivity index is 0.000000153. The van der Waals surface area contributed by atoms with Crippen LogP contribution in [0.1, 0.15) is 63.7 Å². The first-order valence-electron chi connectivity index (χ1n) is 29.6. The van der Waals surface area contributed by atoms with Gasteiger partial charge in [0.2, 0.25) is 0 Å². The summed E-state index contributed by atoms with van der Waals surface area (Å²) in [6.45, 7) is 4.81. The van der Waals surface area contributed by atoms with Crippen LogP contribution >= 0.6 is 11.3 Å². The van der Waals surface area contributed by atoms with Gasteiger partial charge in [0.05, 0.1) is 42.0 Å². The highest BCUT2D eigenvalue weighted by Gasteiger charge is 2.22. The van der Waals surface area contributed by atoms with Crippen LogP contribution in [0.2, 0.25) is 0 Å². The first-order chi connectivity index (χ1) is 44.8. The number of carbonyl (C=O) groups is 7. The summed E-state index contributed by atoms with van der Waals surface area (Å²) in [5, 5.41) is 15.8. The standard InChI is InChI=1S/C26H22N2O4.C26H23NO3S.C25H19N3O2/c1-16(29)22(26(31)32-3)15-17-11-13-18(14-12-17)28(2)25(30)21-9-6-8-20-19-7-4-5-10-23(19)27-24(20)21;1-17(28)23(26(29)30-3)14-18-8-11-20(12-9-18)27(2)16-19-10-13-22-21-6-4-5-7-24(21)31-25(22)15-19;1-16(29)18(15-26)14-17-10-12-19(13-11-17)28(2)25(30)22-8-5-7-21-20-6-3-4-9-23(20)27-24(21)22/h4-15,27H,1-3H3;4-15H,16H2,1-3H3;3-14,27H,1-2H3/b22-15+;23-14+;18-14+. The van der Waals surface area contributed by atoms with Gasteiger partial charge in [-0.1, -0.05) is 127 Å². The molecule has 0 unspecified atom stereocenters. The Morgan fingerprint density at radius 2 is 0.860 bits per heavy atom. The van der Waals surface area contributed by atoms with E-state index in [-0.39, 0.29) is 45.9 Å². The SMILES string of the molecule is CC(=O)/C(C#N)=C/c1ccc(N(C)C(=O)c2cccc3c2[nH]c2ccccc23)cc1.COC(=O)/C(=C/c1ccc(N(C)C(=O)c2cccc3c2[nH]c2ccccc23)cc1)C(C)=O.COC(=O)/C(=C/c1ccc(N(C)Cc2ccc3c(c2)sc2ccccc23)cc1)C(C)=O. The summed E-state index contributed by atoms with van der Waals surface area (Å²) in [4.78, 5) is 97.0. The van der Waals surface area contributed by atoms with Crippen molar-refractivity contribution in [3.63, 3.8) is 0 Å².